The van der Waals surface area contributed by atoms with Gasteiger partial charge < -0.3 is 20.4 Å². The standard InChI is InChI=1S/C20H36N4O2.2ClH/c1-2-22-10-12-24(13-11-22)19(25)14-16-6-8-23(9-7-16)20(26)15-17-4-3-5-18(17)21;;/h16-18H,2-15,21H2,1H3;2*1H/t17-,18+;;/m0../s1. The van der Waals surface area contributed by atoms with Gasteiger partial charge in [-0.05, 0) is 44.1 Å². The van der Waals surface area contributed by atoms with Gasteiger partial charge in [-0.3, -0.25) is 9.59 Å². The molecule has 28 heavy (non-hydrogen) atoms. The SMILES string of the molecule is CCN1CCN(C(=O)CC2CCN(C(=O)C[C@@H]3CCC[C@H]3N)CC2)CC1.Cl.Cl. The molecule has 0 aromatic carbocycles. The molecular weight excluding hydrogens is 399 g/mol. The van der Waals surface area contributed by atoms with Crippen molar-refractivity contribution in [1.82, 2.24) is 14.7 Å². The van der Waals surface area contributed by atoms with E-state index in [2.05, 4.69) is 11.8 Å². The minimum absolute atomic E-state index is 0. The average molecular weight is 437 g/mol. The second-order valence-corrected chi connectivity index (χ2v) is 8.40. The second kappa shape index (κ2) is 12.2. The molecule has 3 rings (SSSR count). The Balaban J connectivity index is 0.00000196. The van der Waals surface area contributed by atoms with Gasteiger partial charge in [-0.15, -0.1) is 24.8 Å². The number of halogens is 2. The molecule has 0 spiro atoms. The molecule has 2 atom stereocenters. The maximum absolute atomic E-state index is 12.6. The number of piperidine rings is 1. The molecule has 2 N–H and O–H groups in total. The smallest absolute Gasteiger partial charge is 0.222 e. The van der Waals surface area contributed by atoms with E-state index in [4.69, 9.17) is 5.73 Å². The van der Waals surface area contributed by atoms with E-state index in [1.807, 2.05) is 9.80 Å². The highest BCUT2D eigenvalue weighted by Crippen LogP contribution is 2.29. The summed E-state index contributed by atoms with van der Waals surface area (Å²) >= 11 is 0. The van der Waals surface area contributed by atoms with Crippen molar-refractivity contribution in [1.29, 1.82) is 0 Å². The topological polar surface area (TPSA) is 69.9 Å². The van der Waals surface area contributed by atoms with Gasteiger partial charge in [0.25, 0.3) is 0 Å². The third-order valence-corrected chi connectivity index (χ3v) is 6.76. The number of carbonyl (C=O) groups excluding carboxylic acids is 2. The fraction of sp³-hybridized carbons (Fsp3) is 0.900. The minimum atomic E-state index is 0. The molecule has 2 heterocycles. The zero-order valence-electron chi connectivity index (χ0n) is 17.2. The minimum Gasteiger partial charge on any atom is -0.343 e. The number of carbonyl (C=O) groups is 2. The molecule has 1 aliphatic carbocycles. The molecule has 6 nitrogen and oxygen atoms in total. The number of piperazine rings is 1. The van der Waals surface area contributed by atoms with Gasteiger partial charge in [0.2, 0.25) is 11.8 Å². The van der Waals surface area contributed by atoms with Crippen LogP contribution in [0.5, 0.6) is 0 Å². The van der Waals surface area contributed by atoms with E-state index in [-0.39, 0.29) is 36.8 Å². The fourth-order valence-corrected chi connectivity index (χ4v) is 4.75. The molecule has 1 saturated carbocycles. The number of nitrogens with zero attached hydrogens (tertiary/aromatic N) is 3. The van der Waals surface area contributed by atoms with Crippen LogP contribution in [0.15, 0.2) is 0 Å². The van der Waals surface area contributed by atoms with Gasteiger partial charge in [0.1, 0.15) is 0 Å². The molecule has 2 aliphatic heterocycles. The molecule has 0 radical (unpaired) electrons. The van der Waals surface area contributed by atoms with Crippen LogP contribution in [0.3, 0.4) is 0 Å². The van der Waals surface area contributed by atoms with Crippen LogP contribution < -0.4 is 5.73 Å². The normalized spacial score (nSPS) is 26.5. The van der Waals surface area contributed by atoms with Crippen molar-refractivity contribution in [2.24, 2.45) is 17.6 Å². The van der Waals surface area contributed by atoms with Gasteiger partial charge >= 0.3 is 0 Å². The molecule has 3 fully saturated rings. The van der Waals surface area contributed by atoms with E-state index >= 15 is 0 Å². The van der Waals surface area contributed by atoms with Gasteiger partial charge in [-0.2, -0.15) is 0 Å². The van der Waals surface area contributed by atoms with Crippen LogP contribution in [0, 0.1) is 11.8 Å². The Morgan fingerprint density at radius 1 is 0.821 bits per heavy atom. The Bertz CT molecular complexity index is 493. The molecule has 2 amide bonds. The largest absolute Gasteiger partial charge is 0.343 e. The molecule has 0 bridgehead atoms. The maximum atomic E-state index is 12.6. The Hall–Kier alpha value is -0.560. The van der Waals surface area contributed by atoms with E-state index in [0.29, 0.717) is 30.6 Å². The van der Waals surface area contributed by atoms with Crippen LogP contribution in [-0.4, -0.2) is 78.4 Å². The van der Waals surface area contributed by atoms with E-state index in [1.165, 1.54) is 0 Å². The number of hydrogen-bond donors (Lipinski definition) is 1. The van der Waals surface area contributed by atoms with Gasteiger partial charge in [-0.1, -0.05) is 13.3 Å². The summed E-state index contributed by atoms with van der Waals surface area (Å²) in [5, 5.41) is 0. The number of likely N-dealkylation sites (tertiary alicyclic amines) is 1. The summed E-state index contributed by atoms with van der Waals surface area (Å²) < 4.78 is 0. The summed E-state index contributed by atoms with van der Waals surface area (Å²) in [5.41, 5.74) is 6.11. The van der Waals surface area contributed by atoms with Crippen molar-refractivity contribution < 1.29 is 9.59 Å². The van der Waals surface area contributed by atoms with Gasteiger partial charge in [0.05, 0.1) is 0 Å². The first kappa shape index (κ1) is 25.5. The Kier molecular flexibility index (Phi) is 11.1. The number of rotatable bonds is 5. The molecule has 0 unspecified atom stereocenters. The van der Waals surface area contributed by atoms with E-state index in [1.54, 1.807) is 0 Å². The van der Waals surface area contributed by atoms with Crippen molar-refractivity contribution in [2.75, 3.05) is 45.8 Å². The monoisotopic (exact) mass is 436 g/mol. The van der Waals surface area contributed by atoms with Crippen LogP contribution in [0.2, 0.25) is 0 Å². The predicted octanol–water partition coefficient (Wildman–Crippen LogP) is 2.14. The van der Waals surface area contributed by atoms with Crippen LogP contribution in [0.4, 0.5) is 0 Å². The van der Waals surface area contributed by atoms with E-state index < -0.39 is 0 Å². The average Bonchev–Trinajstić information content (AvgIpc) is 3.07. The summed E-state index contributed by atoms with van der Waals surface area (Å²) in [6.45, 7) is 8.59. The molecular formula is C20H38Cl2N4O2. The van der Waals surface area contributed by atoms with Crippen LogP contribution in [0.1, 0.15) is 51.9 Å². The molecule has 0 aromatic heterocycles. The lowest BCUT2D eigenvalue weighted by Crippen LogP contribution is -2.49. The van der Waals surface area contributed by atoms with Crippen molar-refractivity contribution in [3.63, 3.8) is 0 Å². The summed E-state index contributed by atoms with van der Waals surface area (Å²) in [4.78, 5) is 31.5. The lowest BCUT2D eigenvalue weighted by atomic mass is 9.92. The summed E-state index contributed by atoms with van der Waals surface area (Å²) in [7, 11) is 0. The maximum Gasteiger partial charge on any atom is 0.222 e. The third-order valence-electron chi connectivity index (χ3n) is 6.76. The molecule has 0 aromatic rings. The molecule has 3 aliphatic rings. The van der Waals surface area contributed by atoms with Crippen molar-refractivity contribution in [2.45, 2.75) is 57.9 Å². The highest BCUT2D eigenvalue weighted by atomic mass is 35.5. The van der Waals surface area contributed by atoms with Crippen molar-refractivity contribution in [3.05, 3.63) is 0 Å². The van der Waals surface area contributed by atoms with Gasteiger partial charge in [0.15, 0.2) is 0 Å². The number of hydrogen-bond acceptors (Lipinski definition) is 4. The Labute approximate surface area is 182 Å². The summed E-state index contributed by atoms with van der Waals surface area (Å²) in [6.07, 6.45) is 6.52. The Morgan fingerprint density at radius 3 is 1.93 bits per heavy atom. The highest BCUT2D eigenvalue weighted by molar-refractivity contribution is 5.85. The second-order valence-electron chi connectivity index (χ2n) is 8.40. The van der Waals surface area contributed by atoms with Crippen LogP contribution in [0.25, 0.3) is 0 Å². The van der Waals surface area contributed by atoms with Gasteiger partial charge in [0, 0.05) is 58.2 Å². The zero-order chi connectivity index (χ0) is 18.5. The predicted molar refractivity (Wildman–Crippen MR) is 117 cm³/mol. The molecule has 8 heteroatoms. The lowest BCUT2D eigenvalue weighted by molar-refractivity contribution is -0.135. The zero-order valence-corrected chi connectivity index (χ0v) is 18.8. The highest BCUT2D eigenvalue weighted by Gasteiger charge is 2.31. The quantitative estimate of drug-likeness (QED) is 0.716. The first-order valence-corrected chi connectivity index (χ1v) is 10.6. The Morgan fingerprint density at radius 2 is 1.39 bits per heavy atom. The molecule has 164 valence electrons. The van der Waals surface area contributed by atoms with E-state index in [0.717, 1.165) is 77.9 Å². The lowest BCUT2D eigenvalue weighted by Gasteiger charge is -2.36. The van der Waals surface area contributed by atoms with Crippen LogP contribution >= 0.6 is 24.8 Å². The number of likely N-dealkylation sites (N-methyl/N-ethyl adjacent to an activating group) is 1. The summed E-state index contributed by atoms with van der Waals surface area (Å²) in [6, 6.07) is 0.210. The van der Waals surface area contributed by atoms with Crippen molar-refractivity contribution in [3.8, 4) is 0 Å². The summed E-state index contributed by atoms with van der Waals surface area (Å²) in [5.74, 6) is 1.39. The number of nitrogens with two attached hydrogens (primary N) is 1. The third kappa shape index (κ3) is 6.75. The van der Waals surface area contributed by atoms with Crippen molar-refractivity contribution >= 4 is 36.6 Å². The van der Waals surface area contributed by atoms with E-state index in [9.17, 15) is 9.59 Å². The van der Waals surface area contributed by atoms with Gasteiger partial charge in [-0.25, -0.2) is 0 Å². The number of amides is 2. The fourth-order valence-electron chi connectivity index (χ4n) is 4.75. The molecule has 2 saturated heterocycles. The van der Waals surface area contributed by atoms with Crippen LogP contribution in [-0.2, 0) is 9.59 Å². The first-order chi connectivity index (χ1) is 12.6. The first-order valence-electron chi connectivity index (χ1n) is 10.6.